The van der Waals surface area contributed by atoms with Crippen molar-refractivity contribution >= 4 is 17.5 Å². The Morgan fingerprint density at radius 1 is 0.775 bits per heavy atom. The Bertz CT molecular complexity index is 1350. The molecule has 0 fully saturated rings. The van der Waals surface area contributed by atoms with Gasteiger partial charge in [0.15, 0.2) is 0 Å². The highest BCUT2D eigenvalue weighted by Crippen LogP contribution is 2.28. The van der Waals surface area contributed by atoms with Crippen molar-refractivity contribution in [2.75, 3.05) is 18.0 Å². The molecule has 0 saturated heterocycles. The summed E-state index contributed by atoms with van der Waals surface area (Å²) in [7, 11) is 0. The number of hydrogen-bond acceptors (Lipinski definition) is 4. The Kier molecular flexibility index (Phi) is 9.51. The second-order valence-corrected chi connectivity index (χ2v) is 11.1. The largest absolute Gasteiger partial charge is 0.431 e. The molecule has 6 nitrogen and oxygen atoms in total. The van der Waals surface area contributed by atoms with Crippen LogP contribution in [-0.4, -0.2) is 22.6 Å². The first-order valence-electron chi connectivity index (χ1n) is 14.7. The van der Waals surface area contributed by atoms with E-state index in [1.165, 1.54) is 59.1 Å². The minimum Gasteiger partial charge on any atom is -0.357 e. The highest BCUT2D eigenvalue weighted by molar-refractivity contribution is 5.53. The van der Waals surface area contributed by atoms with Crippen molar-refractivity contribution in [3.63, 3.8) is 0 Å². The summed E-state index contributed by atoms with van der Waals surface area (Å²) in [6, 6.07) is 13.0. The van der Waals surface area contributed by atoms with E-state index in [1.807, 2.05) is 12.3 Å². The molecule has 0 aliphatic carbocycles. The van der Waals surface area contributed by atoms with E-state index in [2.05, 4.69) is 112 Å². The number of rotatable bonds is 11. The van der Waals surface area contributed by atoms with Crippen molar-refractivity contribution in [1.82, 2.24) is 9.55 Å². The third-order valence-electron chi connectivity index (χ3n) is 7.42. The smallest absolute Gasteiger partial charge is 0.357 e. The average molecular weight is 538 g/mol. The lowest BCUT2D eigenvalue weighted by Gasteiger charge is -2.23. The maximum Gasteiger partial charge on any atom is 0.431 e. The van der Waals surface area contributed by atoms with Crippen molar-refractivity contribution < 1.29 is 4.57 Å². The van der Waals surface area contributed by atoms with Gasteiger partial charge in [0.25, 0.3) is 0 Å². The molecule has 0 saturated carbocycles. The summed E-state index contributed by atoms with van der Waals surface area (Å²) in [5, 5.41) is 9.57. The zero-order valence-electron chi connectivity index (χ0n) is 25.6. The van der Waals surface area contributed by atoms with Gasteiger partial charge in [0.05, 0.1) is 6.20 Å². The zero-order valence-corrected chi connectivity index (χ0v) is 25.6. The van der Waals surface area contributed by atoms with Gasteiger partial charge < -0.3 is 4.90 Å². The fourth-order valence-corrected chi connectivity index (χ4v) is 5.70. The second kappa shape index (κ2) is 13.0. The number of azo groups is 1. The van der Waals surface area contributed by atoms with Crippen LogP contribution in [0.4, 0.5) is 17.5 Å². The molecule has 0 radical (unpaired) electrons. The molecule has 4 aromatic rings. The van der Waals surface area contributed by atoms with Crippen LogP contribution >= 0.6 is 0 Å². The minimum atomic E-state index is 0.740. The Morgan fingerprint density at radius 3 is 1.88 bits per heavy atom. The lowest BCUT2D eigenvalue weighted by molar-refractivity contribution is -0.581. The van der Waals surface area contributed by atoms with Gasteiger partial charge in [0, 0.05) is 18.2 Å². The number of benzene rings is 2. The van der Waals surface area contributed by atoms with Gasteiger partial charge in [0.1, 0.15) is 35.3 Å². The molecular formula is C34H45N6+. The molecule has 2 aromatic heterocycles. The van der Waals surface area contributed by atoms with Gasteiger partial charge in [-0.3, -0.25) is 0 Å². The topological polar surface area (TPSA) is 49.7 Å². The van der Waals surface area contributed by atoms with Gasteiger partial charge >= 0.3 is 5.95 Å². The van der Waals surface area contributed by atoms with E-state index in [4.69, 9.17) is 15.2 Å². The number of aryl methyl sites for hydroxylation is 6. The summed E-state index contributed by atoms with van der Waals surface area (Å²) < 4.78 is 4.32. The highest BCUT2D eigenvalue weighted by Gasteiger charge is 2.25. The summed E-state index contributed by atoms with van der Waals surface area (Å²) in [6.45, 7) is 19.5. The van der Waals surface area contributed by atoms with Crippen molar-refractivity contribution in [2.24, 2.45) is 10.2 Å². The zero-order chi connectivity index (χ0) is 28.8. The van der Waals surface area contributed by atoms with E-state index >= 15 is 0 Å². The second-order valence-electron chi connectivity index (χ2n) is 11.1. The quantitative estimate of drug-likeness (QED) is 0.142. The van der Waals surface area contributed by atoms with Gasteiger partial charge in [-0.15, -0.1) is 0 Å². The third-order valence-corrected chi connectivity index (χ3v) is 7.42. The Balaban J connectivity index is 1.77. The molecule has 0 amide bonds. The maximum absolute atomic E-state index is 4.87. The monoisotopic (exact) mass is 537 g/mol. The number of anilines is 1. The van der Waals surface area contributed by atoms with Crippen molar-refractivity contribution in [2.45, 2.75) is 81.1 Å². The van der Waals surface area contributed by atoms with Crippen LogP contribution in [0.5, 0.6) is 0 Å². The molecular weight excluding hydrogens is 492 g/mol. The van der Waals surface area contributed by atoms with E-state index in [9.17, 15) is 0 Å². The molecule has 210 valence electrons. The predicted octanol–water partition coefficient (Wildman–Crippen LogP) is 8.82. The van der Waals surface area contributed by atoms with Gasteiger partial charge in [-0.1, -0.05) is 67.2 Å². The Hall–Kier alpha value is -3.80. The summed E-state index contributed by atoms with van der Waals surface area (Å²) >= 11 is 0. The van der Waals surface area contributed by atoms with Crippen molar-refractivity contribution in [3.8, 4) is 11.4 Å². The molecule has 0 atom stereocenters. The number of nitrogens with zero attached hydrogens (tertiary/aromatic N) is 6. The van der Waals surface area contributed by atoms with Crippen molar-refractivity contribution in [1.29, 1.82) is 0 Å². The fourth-order valence-electron chi connectivity index (χ4n) is 5.70. The molecule has 4 rings (SSSR count). The molecule has 0 aliphatic heterocycles. The summed E-state index contributed by atoms with van der Waals surface area (Å²) in [5.41, 5.74) is 10.4. The normalized spacial score (nSPS) is 11.5. The molecule has 0 unspecified atom stereocenters. The molecule has 0 bridgehead atoms. The summed E-state index contributed by atoms with van der Waals surface area (Å²) in [6.07, 6.45) is 10.7. The van der Waals surface area contributed by atoms with Crippen molar-refractivity contribution in [3.05, 3.63) is 88.4 Å². The standard InChI is InChI=1S/C34H45N6/c1-9-11-15-38(16-12-10-2)31-14-13-30(23-35-31)36-37-34-39(32-26(5)19-24(3)20-27(32)6)17-18-40(34)33-28(7)21-25(4)22-29(33)8/h13-14,17-23H,9-12,15-16H2,1-8H3/q+1. The first kappa shape index (κ1) is 29.2. The van der Waals surface area contributed by atoms with Crippen LogP contribution in [0.1, 0.15) is 72.9 Å². The van der Waals surface area contributed by atoms with Crippen LogP contribution in [0.15, 0.2) is 65.2 Å². The van der Waals surface area contributed by atoms with Crippen LogP contribution in [0, 0.1) is 41.5 Å². The van der Waals surface area contributed by atoms with Crippen LogP contribution in [0.2, 0.25) is 0 Å². The van der Waals surface area contributed by atoms with E-state index in [1.54, 1.807) is 0 Å². The lowest BCUT2D eigenvalue weighted by Crippen LogP contribution is -2.31. The molecule has 2 aromatic carbocycles. The number of pyridine rings is 1. The summed E-state index contributed by atoms with van der Waals surface area (Å²) in [4.78, 5) is 7.17. The van der Waals surface area contributed by atoms with Gasteiger partial charge in [0.2, 0.25) is 0 Å². The molecule has 2 heterocycles. The third kappa shape index (κ3) is 6.49. The minimum absolute atomic E-state index is 0.740. The van der Waals surface area contributed by atoms with Gasteiger partial charge in [-0.2, -0.15) is 9.13 Å². The van der Waals surface area contributed by atoms with E-state index in [-0.39, 0.29) is 0 Å². The van der Waals surface area contributed by atoms with E-state index in [0.29, 0.717) is 0 Å². The van der Waals surface area contributed by atoms with Crippen LogP contribution in [0.3, 0.4) is 0 Å². The first-order chi connectivity index (χ1) is 19.2. The molecule has 0 aliphatic rings. The number of aromatic nitrogens is 3. The summed E-state index contributed by atoms with van der Waals surface area (Å²) in [5.74, 6) is 1.76. The van der Waals surface area contributed by atoms with Crippen LogP contribution in [-0.2, 0) is 0 Å². The molecule has 0 spiro atoms. The molecule has 40 heavy (non-hydrogen) atoms. The van der Waals surface area contributed by atoms with Crippen LogP contribution in [0.25, 0.3) is 11.4 Å². The predicted molar refractivity (Wildman–Crippen MR) is 166 cm³/mol. The first-order valence-corrected chi connectivity index (χ1v) is 14.7. The maximum atomic E-state index is 4.87. The number of imidazole rings is 1. The number of unbranched alkanes of at least 4 members (excludes halogenated alkanes) is 2. The fraction of sp³-hybridized carbons (Fsp3) is 0.412. The molecule has 0 N–H and O–H groups in total. The lowest BCUT2D eigenvalue weighted by atomic mass is 10.0. The van der Waals surface area contributed by atoms with Gasteiger partial charge in [-0.25, -0.2) is 4.98 Å². The number of hydrogen-bond donors (Lipinski definition) is 0. The Morgan fingerprint density at radius 2 is 1.35 bits per heavy atom. The van der Waals surface area contributed by atoms with Crippen LogP contribution < -0.4 is 9.47 Å². The average Bonchev–Trinajstić information content (AvgIpc) is 3.29. The highest BCUT2D eigenvalue weighted by atomic mass is 15.3. The van der Waals surface area contributed by atoms with Gasteiger partial charge in [-0.05, 0) is 88.8 Å². The molecule has 6 heteroatoms. The Labute approximate surface area is 240 Å². The SMILES string of the molecule is CCCCN(CCCC)c1ccc(N=Nc2n(-c3c(C)cc(C)cc3C)cc[n+]2-c2c(C)cc(C)cc2C)cn1. The van der Waals surface area contributed by atoms with E-state index < -0.39 is 0 Å². The van der Waals surface area contributed by atoms with E-state index in [0.717, 1.165) is 41.9 Å².